The van der Waals surface area contributed by atoms with Crippen molar-refractivity contribution in [3.63, 3.8) is 0 Å². The molecule has 0 fully saturated rings. The van der Waals surface area contributed by atoms with Crippen molar-refractivity contribution in [2.24, 2.45) is 0 Å². The Hall–Kier alpha value is -3.58. The van der Waals surface area contributed by atoms with Crippen LogP contribution in [-0.4, -0.2) is 20.5 Å². The van der Waals surface area contributed by atoms with Crippen LogP contribution in [0.15, 0.2) is 88.2 Å². The topological polar surface area (TPSA) is 72.6 Å². The fourth-order valence-corrected chi connectivity index (χ4v) is 5.10. The molecule has 0 N–H and O–H groups in total. The molecule has 0 bridgehead atoms. The number of aromatic nitrogens is 1. The first-order valence-electron chi connectivity index (χ1n) is 10.1. The number of benzene rings is 3. The molecule has 0 aliphatic rings. The number of anilines is 1. The molecule has 4 aromatic rings. The van der Waals surface area contributed by atoms with Gasteiger partial charge in [0.05, 0.1) is 24.2 Å². The Kier molecular flexibility index (Phi) is 6.01. The van der Waals surface area contributed by atoms with Crippen LogP contribution in [0.1, 0.15) is 17.0 Å². The van der Waals surface area contributed by atoms with E-state index in [-0.39, 0.29) is 11.4 Å². The van der Waals surface area contributed by atoms with Crippen molar-refractivity contribution in [1.29, 1.82) is 0 Å². The number of hydrogen-bond donors (Lipinski definition) is 0. The second kappa shape index (κ2) is 8.88. The van der Waals surface area contributed by atoms with E-state index in [4.69, 9.17) is 9.15 Å². The van der Waals surface area contributed by atoms with Crippen LogP contribution >= 0.6 is 0 Å². The summed E-state index contributed by atoms with van der Waals surface area (Å²) in [5.74, 6) is 1.68. The smallest absolute Gasteiger partial charge is 0.264 e. The molecule has 0 aliphatic carbocycles. The van der Waals surface area contributed by atoms with E-state index in [9.17, 15) is 8.42 Å². The van der Waals surface area contributed by atoms with Crippen molar-refractivity contribution in [2.45, 2.75) is 25.3 Å². The molecular formula is C25H24N2O4S. The van der Waals surface area contributed by atoms with E-state index in [2.05, 4.69) is 4.98 Å². The van der Waals surface area contributed by atoms with Crippen LogP contribution < -0.4 is 9.04 Å². The summed E-state index contributed by atoms with van der Waals surface area (Å²) in [6, 6.07) is 23.4. The van der Waals surface area contributed by atoms with Crippen LogP contribution in [0.25, 0.3) is 11.5 Å². The van der Waals surface area contributed by atoms with Gasteiger partial charge in [-0.05, 0) is 61.9 Å². The van der Waals surface area contributed by atoms with Gasteiger partial charge in [0.1, 0.15) is 17.2 Å². The molecule has 0 unspecified atom stereocenters. The quantitative estimate of drug-likeness (QED) is 0.380. The van der Waals surface area contributed by atoms with Gasteiger partial charge in [0, 0.05) is 5.56 Å². The number of hydrogen-bond acceptors (Lipinski definition) is 5. The second-order valence-corrected chi connectivity index (χ2v) is 9.19. The minimum Gasteiger partial charge on any atom is -0.497 e. The fourth-order valence-electron chi connectivity index (χ4n) is 3.44. The lowest BCUT2D eigenvalue weighted by Crippen LogP contribution is -2.31. The number of aryl methyl sites for hydroxylation is 2. The van der Waals surface area contributed by atoms with Gasteiger partial charge in [-0.25, -0.2) is 13.4 Å². The Bertz CT molecular complexity index is 1310. The Morgan fingerprint density at radius 2 is 1.56 bits per heavy atom. The molecule has 0 aliphatic heterocycles. The standard InChI is InChI=1S/C25H24N2O4S/c1-18-9-7-8-12-24(18)32(28,29)27(21-13-15-22(30-3)16-14-21)17-23-19(2)31-25(26-23)20-10-5-4-6-11-20/h4-16H,17H2,1-3H3. The van der Waals surface area contributed by atoms with Gasteiger partial charge in [0.25, 0.3) is 10.0 Å². The van der Waals surface area contributed by atoms with Gasteiger partial charge in [0.2, 0.25) is 5.89 Å². The molecule has 0 atom stereocenters. The number of rotatable bonds is 7. The van der Waals surface area contributed by atoms with Crippen molar-refractivity contribution in [3.05, 3.63) is 95.9 Å². The molecule has 6 nitrogen and oxygen atoms in total. The number of sulfonamides is 1. The third-order valence-corrected chi connectivity index (χ3v) is 7.16. The zero-order valence-electron chi connectivity index (χ0n) is 18.1. The lowest BCUT2D eigenvalue weighted by Gasteiger charge is -2.25. The number of methoxy groups -OCH3 is 1. The Morgan fingerprint density at radius 3 is 2.22 bits per heavy atom. The largest absolute Gasteiger partial charge is 0.497 e. The van der Waals surface area contributed by atoms with E-state index in [0.29, 0.717) is 34.3 Å². The molecule has 0 amide bonds. The summed E-state index contributed by atoms with van der Waals surface area (Å²) in [5.41, 5.74) is 2.57. The minimum atomic E-state index is -3.86. The van der Waals surface area contributed by atoms with E-state index in [1.807, 2.05) is 36.4 Å². The second-order valence-electron chi connectivity index (χ2n) is 7.36. The van der Waals surface area contributed by atoms with Gasteiger partial charge >= 0.3 is 0 Å². The SMILES string of the molecule is COc1ccc(N(Cc2nc(-c3ccccc3)oc2C)S(=O)(=O)c2ccccc2C)cc1. The molecule has 0 spiro atoms. The van der Waals surface area contributed by atoms with Gasteiger partial charge in [-0.3, -0.25) is 4.31 Å². The zero-order valence-corrected chi connectivity index (χ0v) is 19.0. The Labute approximate surface area is 188 Å². The predicted molar refractivity (Wildman–Crippen MR) is 124 cm³/mol. The van der Waals surface area contributed by atoms with E-state index in [0.717, 1.165) is 5.56 Å². The highest BCUT2D eigenvalue weighted by Gasteiger charge is 2.28. The number of oxazole rings is 1. The van der Waals surface area contributed by atoms with E-state index >= 15 is 0 Å². The Morgan fingerprint density at radius 1 is 0.906 bits per heavy atom. The lowest BCUT2D eigenvalue weighted by molar-refractivity contribution is 0.415. The highest BCUT2D eigenvalue weighted by Crippen LogP contribution is 2.30. The van der Waals surface area contributed by atoms with Gasteiger partial charge in [-0.2, -0.15) is 0 Å². The average molecular weight is 449 g/mol. The number of ether oxygens (including phenoxy) is 1. The molecule has 0 saturated carbocycles. The van der Waals surface area contributed by atoms with Gasteiger partial charge in [0.15, 0.2) is 0 Å². The maximum Gasteiger partial charge on any atom is 0.264 e. The maximum atomic E-state index is 13.7. The lowest BCUT2D eigenvalue weighted by atomic mass is 10.2. The summed E-state index contributed by atoms with van der Waals surface area (Å²) in [6.07, 6.45) is 0. The Balaban J connectivity index is 1.78. The molecule has 32 heavy (non-hydrogen) atoms. The van der Waals surface area contributed by atoms with Crippen molar-refractivity contribution >= 4 is 15.7 Å². The van der Waals surface area contributed by atoms with Gasteiger partial charge in [-0.1, -0.05) is 36.4 Å². The molecule has 0 saturated heterocycles. The highest BCUT2D eigenvalue weighted by atomic mass is 32.2. The van der Waals surface area contributed by atoms with Crippen molar-refractivity contribution in [1.82, 2.24) is 4.98 Å². The minimum absolute atomic E-state index is 0.0329. The van der Waals surface area contributed by atoms with Gasteiger partial charge in [-0.15, -0.1) is 0 Å². The molecule has 1 aromatic heterocycles. The van der Waals surface area contributed by atoms with Crippen molar-refractivity contribution < 1.29 is 17.6 Å². The van der Waals surface area contributed by atoms with Gasteiger partial charge < -0.3 is 9.15 Å². The van der Waals surface area contributed by atoms with Crippen molar-refractivity contribution in [2.75, 3.05) is 11.4 Å². The van der Waals surface area contributed by atoms with E-state index in [1.165, 1.54) is 4.31 Å². The molecular weight excluding hydrogens is 424 g/mol. The molecule has 164 valence electrons. The van der Waals surface area contributed by atoms with Crippen LogP contribution in [-0.2, 0) is 16.6 Å². The zero-order chi connectivity index (χ0) is 22.7. The van der Waals surface area contributed by atoms with E-state index < -0.39 is 10.0 Å². The first-order valence-corrected chi connectivity index (χ1v) is 11.6. The molecule has 0 radical (unpaired) electrons. The average Bonchev–Trinajstić information content (AvgIpc) is 3.18. The first-order chi connectivity index (χ1) is 15.4. The molecule has 4 rings (SSSR count). The predicted octanol–water partition coefficient (Wildman–Crippen LogP) is 5.36. The first kappa shape index (κ1) is 21.6. The maximum absolute atomic E-state index is 13.7. The van der Waals surface area contributed by atoms with Crippen LogP contribution in [0.5, 0.6) is 5.75 Å². The van der Waals surface area contributed by atoms with Crippen LogP contribution in [0.4, 0.5) is 5.69 Å². The molecule has 1 heterocycles. The van der Waals surface area contributed by atoms with E-state index in [1.54, 1.807) is 63.4 Å². The van der Waals surface area contributed by atoms with Crippen molar-refractivity contribution in [3.8, 4) is 17.2 Å². The monoisotopic (exact) mass is 448 g/mol. The summed E-state index contributed by atoms with van der Waals surface area (Å²) in [5, 5.41) is 0. The van der Waals surface area contributed by atoms with Crippen LogP contribution in [0, 0.1) is 13.8 Å². The number of nitrogens with zero attached hydrogens (tertiary/aromatic N) is 2. The van der Waals surface area contributed by atoms with Crippen LogP contribution in [0.2, 0.25) is 0 Å². The molecule has 7 heteroatoms. The molecule has 3 aromatic carbocycles. The fraction of sp³-hybridized carbons (Fsp3) is 0.160. The summed E-state index contributed by atoms with van der Waals surface area (Å²) in [6.45, 7) is 3.61. The summed E-state index contributed by atoms with van der Waals surface area (Å²) in [4.78, 5) is 4.86. The third-order valence-electron chi connectivity index (χ3n) is 5.23. The summed E-state index contributed by atoms with van der Waals surface area (Å²) in [7, 11) is -2.29. The highest BCUT2D eigenvalue weighted by molar-refractivity contribution is 7.92. The van der Waals surface area contributed by atoms with Crippen LogP contribution in [0.3, 0.4) is 0 Å². The summed E-state index contributed by atoms with van der Waals surface area (Å²) < 4.78 is 39.9. The third kappa shape index (κ3) is 4.24. The normalized spacial score (nSPS) is 11.3. The summed E-state index contributed by atoms with van der Waals surface area (Å²) >= 11 is 0.